The number of thiol groups is 1. The maximum atomic E-state index is 12.7. The van der Waals surface area contributed by atoms with Crippen LogP contribution in [0.2, 0.25) is 0 Å². The van der Waals surface area contributed by atoms with Gasteiger partial charge in [0.25, 0.3) is 0 Å². The Bertz CT molecular complexity index is 617. The molecule has 0 saturated carbocycles. The van der Waals surface area contributed by atoms with Crippen LogP contribution in [0.3, 0.4) is 0 Å². The van der Waals surface area contributed by atoms with Gasteiger partial charge in [0.2, 0.25) is 17.7 Å². The number of hydrogen-bond donors (Lipinski definition) is 6. The predicted octanol–water partition coefficient (Wildman–Crippen LogP) is -1.28. The summed E-state index contributed by atoms with van der Waals surface area (Å²) in [4.78, 5) is 50.5. The predicted molar refractivity (Wildman–Crippen MR) is 109 cm³/mol. The van der Waals surface area contributed by atoms with Crippen molar-refractivity contribution in [3.05, 3.63) is 0 Å². The molecule has 0 aromatic heterocycles. The van der Waals surface area contributed by atoms with Crippen LogP contribution < -0.4 is 16.4 Å². The monoisotopic (exact) mass is 432 g/mol. The standard InChI is InChI=1S/C18H32N4O6S/c1-4-9(2)13(18(27)28)20-16(25)14(10(3)23)21-15(24)12-6-5-7-22(12)17(26)11(19)8-29/h9-14,23,29H,4-8,19H2,1-3H3,(H,20,25)(H,21,24)(H,27,28). The van der Waals surface area contributed by atoms with E-state index in [9.17, 15) is 29.4 Å². The number of nitrogens with two attached hydrogens (primary N) is 1. The maximum absolute atomic E-state index is 12.7. The SMILES string of the molecule is CCC(C)C(NC(=O)C(NC(=O)C1CCCN1C(=O)C(N)CS)C(C)O)C(=O)O. The Morgan fingerprint density at radius 2 is 1.83 bits per heavy atom. The summed E-state index contributed by atoms with van der Waals surface area (Å²) in [5.74, 6) is -3.21. The first kappa shape index (κ1) is 25.2. The number of carbonyl (C=O) groups is 4. The van der Waals surface area contributed by atoms with Crippen molar-refractivity contribution in [2.75, 3.05) is 12.3 Å². The van der Waals surface area contributed by atoms with Crippen LogP contribution in [-0.4, -0.2) is 81.4 Å². The minimum Gasteiger partial charge on any atom is -0.480 e. The second-order valence-electron chi connectivity index (χ2n) is 7.42. The normalized spacial score (nSPS) is 21.6. The maximum Gasteiger partial charge on any atom is 0.326 e. The lowest BCUT2D eigenvalue weighted by atomic mass is 9.98. The molecule has 1 fully saturated rings. The highest BCUT2D eigenvalue weighted by Crippen LogP contribution is 2.19. The summed E-state index contributed by atoms with van der Waals surface area (Å²) in [5.41, 5.74) is 5.72. The molecule has 1 aliphatic heterocycles. The third-order valence-electron chi connectivity index (χ3n) is 5.19. The summed E-state index contributed by atoms with van der Waals surface area (Å²) in [6.07, 6.45) is 0.253. The molecule has 3 amide bonds. The number of rotatable bonds is 10. The van der Waals surface area contributed by atoms with Gasteiger partial charge in [0.15, 0.2) is 0 Å². The molecule has 0 spiro atoms. The van der Waals surface area contributed by atoms with Crippen LogP contribution >= 0.6 is 12.6 Å². The third kappa shape index (κ3) is 6.58. The van der Waals surface area contributed by atoms with E-state index < -0.39 is 54.0 Å². The first-order valence-corrected chi connectivity index (χ1v) is 10.4. The molecule has 1 aliphatic rings. The van der Waals surface area contributed by atoms with Gasteiger partial charge in [-0.1, -0.05) is 20.3 Å². The number of likely N-dealkylation sites (tertiary alicyclic amines) is 1. The highest BCUT2D eigenvalue weighted by molar-refractivity contribution is 7.80. The number of carbonyl (C=O) groups excluding carboxylic acids is 3. The van der Waals surface area contributed by atoms with Gasteiger partial charge in [-0.05, 0) is 25.7 Å². The second kappa shape index (κ2) is 11.4. The minimum absolute atomic E-state index is 0.133. The fourth-order valence-corrected chi connectivity index (χ4v) is 3.33. The Hall–Kier alpha value is -1.85. The quantitative estimate of drug-likeness (QED) is 0.234. The highest BCUT2D eigenvalue weighted by Gasteiger charge is 2.38. The van der Waals surface area contributed by atoms with Crippen LogP contribution in [0.25, 0.3) is 0 Å². The molecule has 1 rings (SSSR count). The largest absolute Gasteiger partial charge is 0.480 e. The smallest absolute Gasteiger partial charge is 0.326 e. The molecule has 10 nitrogen and oxygen atoms in total. The number of amides is 3. The van der Waals surface area contributed by atoms with E-state index in [-0.39, 0.29) is 11.7 Å². The first-order valence-electron chi connectivity index (χ1n) is 9.73. The number of aliphatic carboxylic acids is 1. The summed E-state index contributed by atoms with van der Waals surface area (Å²) >= 11 is 4.00. The molecule has 6 atom stereocenters. The molecule has 0 bridgehead atoms. The van der Waals surface area contributed by atoms with Crippen molar-refractivity contribution in [2.24, 2.45) is 11.7 Å². The van der Waals surface area contributed by atoms with E-state index in [2.05, 4.69) is 23.3 Å². The van der Waals surface area contributed by atoms with Gasteiger partial charge in [0, 0.05) is 12.3 Å². The van der Waals surface area contributed by atoms with Crippen LogP contribution in [0.4, 0.5) is 0 Å². The van der Waals surface area contributed by atoms with Gasteiger partial charge < -0.3 is 31.5 Å². The summed E-state index contributed by atoms with van der Waals surface area (Å²) in [6.45, 7) is 5.15. The fourth-order valence-electron chi connectivity index (χ4n) is 3.17. The molecule has 0 radical (unpaired) electrons. The number of aliphatic hydroxyl groups is 1. The van der Waals surface area contributed by atoms with Crippen molar-refractivity contribution in [3.63, 3.8) is 0 Å². The van der Waals surface area contributed by atoms with Crippen molar-refractivity contribution >= 4 is 36.3 Å². The van der Waals surface area contributed by atoms with E-state index in [4.69, 9.17) is 5.73 Å². The van der Waals surface area contributed by atoms with Gasteiger partial charge in [-0.25, -0.2) is 4.79 Å². The Balaban J connectivity index is 2.89. The Morgan fingerprint density at radius 1 is 1.21 bits per heavy atom. The van der Waals surface area contributed by atoms with Gasteiger partial charge in [-0.2, -0.15) is 12.6 Å². The second-order valence-corrected chi connectivity index (χ2v) is 7.78. The Labute approximate surface area is 176 Å². The average molecular weight is 433 g/mol. The Morgan fingerprint density at radius 3 is 2.31 bits per heavy atom. The number of hydrogen-bond acceptors (Lipinski definition) is 7. The molecule has 1 saturated heterocycles. The highest BCUT2D eigenvalue weighted by atomic mass is 32.1. The molecule has 29 heavy (non-hydrogen) atoms. The fraction of sp³-hybridized carbons (Fsp3) is 0.778. The topological polar surface area (TPSA) is 162 Å². The first-order chi connectivity index (χ1) is 13.5. The third-order valence-corrected chi connectivity index (χ3v) is 5.59. The molecule has 11 heteroatoms. The van der Waals surface area contributed by atoms with E-state index in [0.29, 0.717) is 25.8 Å². The van der Waals surface area contributed by atoms with Gasteiger partial charge >= 0.3 is 5.97 Å². The zero-order chi connectivity index (χ0) is 22.3. The Kier molecular flexibility index (Phi) is 9.87. The lowest BCUT2D eigenvalue weighted by molar-refractivity contribution is -0.145. The molecule has 0 aromatic rings. The molecule has 1 heterocycles. The zero-order valence-electron chi connectivity index (χ0n) is 17.0. The summed E-state index contributed by atoms with van der Waals surface area (Å²) in [6, 6.07) is -4.16. The van der Waals surface area contributed by atoms with Crippen molar-refractivity contribution in [2.45, 2.75) is 70.3 Å². The van der Waals surface area contributed by atoms with Crippen LogP contribution in [0, 0.1) is 5.92 Å². The molecule has 6 unspecified atom stereocenters. The molecule has 0 aliphatic carbocycles. The molecule has 0 aromatic carbocycles. The minimum atomic E-state index is -1.36. The number of nitrogens with one attached hydrogen (secondary N) is 2. The van der Waals surface area contributed by atoms with Crippen LogP contribution in [0.1, 0.15) is 40.0 Å². The van der Waals surface area contributed by atoms with E-state index in [1.54, 1.807) is 13.8 Å². The number of aliphatic hydroxyl groups excluding tert-OH is 1. The van der Waals surface area contributed by atoms with Crippen LogP contribution in [0.5, 0.6) is 0 Å². The van der Waals surface area contributed by atoms with Gasteiger partial charge in [0.1, 0.15) is 18.1 Å². The van der Waals surface area contributed by atoms with Crippen molar-refractivity contribution in [1.82, 2.24) is 15.5 Å². The summed E-state index contributed by atoms with van der Waals surface area (Å²) in [7, 11) is 0. The summed E-state index contributed by atoms with van der Waals surface area (Å²) in [5, 5.41) is 24.2. The van der Waals surface area contributed by atoms with E-state index in [1.165, 1.54) is 11.8 Å². The van der Waals surface area contributed by atoms with Crippen molar-refractivity contribution in [1.29, 1.82) is 0 Å². The van der Waals surface area contributed by atoms with Gasteiger partial charge in [-0.3, -0.25) is 14.4 Å². The van der Waals surface area contributed by atoms with Crippen molar-refractivity contribution in [3.8, 4) is 0 Å². The lowest BCUT2D eigenvalue weighted by Crippen LogP contribution is -2.60. The average Bonchev–Trinajstić information content (AvgIpc) is 3.17. The van der Waals surface area contributed by atoms with E-state index >= 15 is 0 Å². The zero-order valence-corrected chi connectivity index (χ0v) is 17.9. The molecular weight excluding hydrogens is 400 g/mol. The number of carboxylic acid groups (broad SMARTS) is 1. The summed E-state index contributed by atoms with van der Waals surface area (Å²) < 4.78 is 0. The lowest BCUT2D eigenvalue weighted by Gasteiger charge is -2.29. The van der Waals surface area contributed by atoms with Crippen LogP contribution in [-0.2, 0) is 19.2 Å². The number of carboxylic acids is 1. The van der Waals surface area contributed by atoms with Crippen LogP contribution in [0.15, 0.2) is 0 Å². The molecule has 166 valence electrons. The van der Waals surface area contributed by atoms with Gasteiger partial charge in [0.05, 0.1) is 12.1 Å². The number of nitrogens with zero attached hydrogens (tertiary/aromatic N) is 1. The van der Waals surface area contributed by atoms with E-state index in [1.807, 2.05) is 0 Å². The van der Waals surface area contributed by atoms with E-state index in [0.717, 1.165) is 0 Å². The molecular formula is C18H32N4O6S. The van der Waals surface area contributed by atoms with Crippen molar-refractivity contribution < 1.29 is 29.4 Å². The van der Waals surface area contributed by atoms with Gasteiger partial charge in [-0.15, -0.1) is 0 Å². The molecule has 6 N–H and O–H groups in total.